The first kappa shape index (κ1) is 21.6. The monoisotopic (exact) mass is 379 g/mol. The van der Waals surface area contributed by atoms with Gasteiger partial charge in [-0.2, -0.15) is 13.2 Å². The summed E-state index contributed by atoms with van der Waals surface area (Å²) in [6, 6.07) is -0.464. The fraction of sp³-hybridized carbons (Fsp3) is 0.947. The van der Waals surface area contributed by atoms with E-state index in [9.17, 15) is 18.0 Å². The van der Waals surface area contributed by atoms with Crippen molar-refractivity contribution in [1.29, 1.82) is 0 Å². The number of halogens is 3. The highest BCUT2D eigenvalue weighted by Crippen LogP contribution is 2.31. The highest BCUT2D eigenvalue weighted by atomic mass is 19.4. The van der Waals surface area contributed by atoms with Crippen molar-refractivity contribution in [2.75, 3.05) is 6.61 Å². The molecule has 2 saturated carbocycles. The molecular formula is C19H32F3NO3. The Bertz CT molecular complexity index is 438. The molecule has 4 nitrogen and oxygen atoms in total. The number of ketones is 1. The smallest absolute Gasteiger partial charge is 0.376 e. The Balaban J connectivity index is 2.00. The summed E-state index contributed by atoms with van der Waals surface area (Å²) in [5.74, 6) is -0.0184. The van der Waals surface area contributed by atoms with Gasteiger partial charge in [-0.1, -0.05) is 19.8 Å². The Hall–Kier alpha value is -0.660. The first-order chi connectivity index (χ1) is 12.3. The number of rotatable bonds is 6. The van der Waals surface area contributed by atoms with Crippen LogP contribution in [0.1, 0.15) is 71.1 Å². The van der Waals surface area contributed by atoms with Crippen LogP contribution in [0.2, 0.25) is 0 Å². The van der Waals surface area contributed by atoms with Gasteiger partial charge < -0.3 is 15.2 Å². The Morgan fingerprint density at radius 2 is 1.81 bits per heavy atom. The van der Waals surface area contributed by atoms with E-state index in [1.54, 1.807) is 0 Å². The topological polar surface area (TPSA) is 61.6 Å². The van der Waals surface area contributed by atoms with Gasteiger partial charge in [-0.25, -0.2) is 0 Å². The van der Waals surface area contributed by atoms with E-state index in [0.717, 1.165) is 25.7 Å². The first-order valence-corrected chi connectivity index (χ1v) is 9.88. The molecule has 0 radical (unpaired) electrons. The molecule has 2 N–H and O–H groups in total. The van der Waals surface area contributed by atoms with Crippen LogP contribution in [0.3, 0.4) is 0 Å². The number of carbonyl (C=O) groups is 1. The standard InChI is InChI=1S/C19H32F3NO3/c1-13-12-16(24)15(23)8-4-9-17(25-11-5-10-19(20,21)22)18(13)26-14-6-2-3-7-14/h13-15,17-18H,2-12,23H2,1H3/t13-,15+,17+,18+/m1/s1. The van der Waals surface area contributed by atoms with Crippen LogP contribution in [0.4, 0.5) is 13.2 Å². The van der Waals surface area contributed by atoms with Crippen molar-refractivity contribution in [3.8, 4) is 0 Å². The molecule has 2 aliphatic rings. The maximum atomic E-state index is 12.4. The molecule has 0 spiro atoms. The lowest BCUT2D eigenvalue weighted by Gasteiger charge is -2.33. The highest BCUT2D eigenvalue weighted by Gasteiger charge is 2.35. The Morgan fingerprint density at radius 3 is 2.46 bits per heavy atom. The van der Waals surface area contributed by atoms with Gasteiger partial charge in [0.1, 0.15) is 5.78 Å². The van der Waals surface area contributed by atoms with Crippen LogP contribution in [0.5, 0.6) is 0 Å². The van der Waals surface area contributed by atoms with E-state index < -0.39 is 18.6 Å². The van der Waals surface area contributed by atoms with Crippen LogP contribution in [0, 0.1) is 5.92 Å². The number of hydrogen-bond donors (Lipinski definition) is 1. The van der Waals surface area contributed by atoms with Gasteiger partial charge >= 0.3 is 6.18 Å². The van der Waals surface area contributed by atoms with Gasteiger partial charge in [-0.05, 0) is 44.4 Å². The maximum absolute atomic E-state index is 12.4. The molecule has 0 unspecified atom stereocenters. The molecule has 26 heavy (non-hydrogen) atoms. The lowest BCUT2D eigenvalue weighted by atomic mass is 9.92. The minimum Gasteiger partial charge on any atom is -0.376 e. The molecule has 0 saturated heterocycles. The summed E-state index contributed by atoms with van der Waals surface area (Å²) in [6.07, 6.45) is 1.12. The molecule has 0 bridgehead atoms. The molecule has 0 amide bonds. The van der Waals surface area contributed by atoms with E-state index in [4.69, 9.17) is 15.2 Å². The second-order valence-electron chi connectivity index (χ2n) is 7.82. The average Bonchev–Trinajstić information content (AvgIpc) is 3.07. The molecule has 0 aromatic heterocycles. The molecule has 0 aliphatic heterocycles. The van der Waals surface area contributed by atoms with E-state index in [-0.39, 0.29) is 43.0 Å². The second-order valence-corrected chi connectivity index (χ2v) is 7.82. The minimum absolute atomic E-state index is 0.0373. The molecule has 7 heteroatoms. The van der Waals surface area contributed by atoms with Crippen molar-refractivity contribution in [3.63, 3.8) is 0 Å². The molecule has 152 valence electrons. The number of Topliss-reactive ketones (excluding diaryl/α,β-unsaturated/α-hetero) is 1. The third-order valence-corrected chi connectivity index (χ3v) is 5.46. The lowest BCUT2D eigenvalue weighted by molar-refractivity contribution is -0.148. The number of alkyl halides is 3. The van der Waals surface area contributed by atoms with E-state index in [2.05, 4.69) is 0 Å². The molecule has 2 aliphatic carbocycles. The predicted molar refractivity (Wildman–Crippen MR) is 92.8 cm³/mol. The Morgan fingerprint density at radius 1 is 1.12 bits per heavy atom. The van der Waals surface area contributed by atoms with E-state index >= 15 is 0 Å². The second kappa shape index (κ2) is 10.0. The fourth-order valence-corrected chi connectivity index (χ4v) is 3.97. The molecule has 0 aromatic rings. The van der Waals surface area contributed by atoms with Gasteiger partial charge in [0.2, 0.25) is 0 Å². The summed E-state index contributed by atoms with van der Waals surface area (Å²) >= 11 is 0. The van der Waals surface area contributed by atoms with E-state index in [1.165, 1.54) is 0 Å². The summed E-state index contributed by atoms with van der Waals surface area (Å²) in [6.45, 7) is 2.02. The quantitative estimate of drug-likeness (QED) is 0.705. The first-order valence-electron chi connectivity index (χ1n) is 9.88. The summed E-state index contributed by atoms with van der Waals surface area (Å²) < 4.78 is 49.2. The lowest BCUT2D eigenvalue weighted by Crippen LogP contribution is -2.40. The van der Waals surface area contributed by atoms with Crippen LogP contribution in [0.25, 0.3) is 0 Å². The van der Waals surface area contributed by atoms with Crippen molar-refractivity contribution in [2.45, 2.75) is 102 Å². The molecule has 0 aromatic carbocycles. The summed E-state index contributed by atoms with van der Waals surface area (Å²) in [4.78, 5) is 12.2. The predicted octanol–water partition coefficient (Wildman–Crippen LogP) is 4.15. The summed E-state index contributed by atoms with van der Waals surface area (Å²) in [7, 11) is 0. The number of ether oxygens (including phenoxy) is 2. The third-order valence-electron chi connectivity index (χ3n) is 5.46. The zero-order valence-electron chi connectivity index (χ0n) is 15.6. The zero-order valence-corrected chi connectivity index (χ0v) is 15.6. The third kappa shape index (κ3) is 7.16. The summed E-state index contributed by atoms with van der Waals surface area (Å²) in [5, 5.41) is 0. The van der Waals surface area contributed by atoms with Gasteiger partial charge in [0, 0.05) is 19.4 Å². The Labute approximate surface area is 154 Å². The Kier molecular flexibility index (Phi) is 8.36. The van der Waals surface area contributed by atoms with Crippen molar-refractivity contribution in [2.24, 2.45) is 11.7 Å². The SMILES string of the molecule is C[C@@H]1CC(=O)[C@@H](N)CCC[C@H](OCCCC(F)(F)F)[C@H]1OC1CCCC1. The zero-order chi connectivity index (χ0) is 19.2. The van der Waals surface area contributed by atoms with Crippen LogP contribution in [-0.4, -0.2) is 42.9 Å². The number of hydrogen-bond acceptors (Lipinski definition) is 4. The van der Waals surface area contributed by atoms with Crippen molar-refractivity contribution in [1.82, 2.24) is 0 Å². The van der Waals surface area contributed by atoms with Gasteiger partial charge in [0.25, 0.3) is 0 Å². The van der Waals surface area contributed by atoms with Crippen molar-refractivity contribution >= 4 is 5.78 Å². The van der Waals surface area contributed by atoms with Gasteiger partial charge in [0.15, 0.2) is 0 Å². The summed E-state index contributed by atoms with van der Waals surface area (Å²) in [5.41, 5.74) is 5.95. The largest absolute Gasteiger partial charge is 0.389 e. The minimum atomic E-state index is -4.16. The molecule has 2 rings (SSSR count). The van der Waals surface area contributed by atoms with Crippen LogP contribution in [0.15, 0.2) is 0 Å². The van der Waals surface area contributed by atoms with Crippen LogP contribution < -0.4 is 5.73 Å². The highest BCUT2D eigenvalue weighted by molar-refractivity contribution is 5.84. The molecular weight excluding hydrogens is 347 g/mol. The van der Waals surface area contributed by atoms with Crippen molar-refractivity contribution in [3.05, 3.63) is 0 Å². The van der Waals surface area contributed by atoms with E-state index in [0.29, 0.717) is 25.7 Å². The average molecular weight is 379 g/mol. The fourth-order valence-electron chi connectivity index (χ4n) is 3.97. The maximum Gasteiger partial charge on any atom is 0.389 e. The van der Waals surface area contributed by atoms with Gasteiger partial charge in [0.05, 0.1) is 24.4 Å². The number of nitrogens with two attached hydrogens (primary N) is 1. The van der Waals surface area contributed by atoms with Crippen molar-refractivity contribution < 1.29 is 27.4 Å². The molecule has 4 atom stereocenters. The van der Waals surface area contributed by atoms with E-state index in [1.807, 2.05) is 6.92 Å². The normalized spacial score (nSPS) is 32.3. The van der Waals surface area contributed by atoms with Crippen LogP contribution >= 0.6 is 0 Å². The molecule has 2 fully saturated rings. The van der Waals surface area contributed by atoms with Crippen LogP contribution in [-0.2, 0) is 14.3 Å². The van der Waals surface area contributed by atoms with Gasteiger partial charge in [-0.3, -0.25) is 4.79 Å². The number of carbonyl (C=O) groups excluding carboxylic acids is 1. The molecule has 0 heterocycles. The van der Waals surface area contributed by atoms with Gasteiger partial charge in [-0.15, -0.1) is 0 Å².